The largest absolute Gasteiger partial charge is 0.433 e. The first kappa shape index (κ1) is 26.7. The Hall–Kier alpha value is -2.93. The van der Waals surface area contributed by atoms with Gasteiger partial charge in [-0.1, -0.05) is 36.2 Å². The van der Waals surface area contributed by atoms with Crippen LogP contribution in [0, 0.1) is 0 Å². The van der Waals surface area contributed by atoms with Gasteiger partial charge in [0.25, 0.3) is 5.91 Å². The van der Waals surface area contributed by atoms with Crippen molar-refractivity contribution in [1.29, 1.82) is 0 Å². The molecule has 0 spiro atoms. The number of thiophene rings is 1. The number of alkyl halides is 3. The van der Waals surface area contributed by atoms with Crippen molar-refractivity contribution in [1.82, 2.24) is 24.4 Å². The lowest BCUT2D eigenvalue weighted by Crippen LogP contribution is -2.16. The minimum Gasteiger partial charge on any atom is -0.303 e. The number of nitrogens with one attached hydrogen (secondary N) is 1. The number of aromatic nitrogens is 5. The number of halogens is 6. The monoisotopic (exact) mass is 642 g/mol. The Bertz CT molecular complexity index is 1680. The van der Waals surface area contributed by atoms with Gasteiger partial charge < -0.3 is 5.32 Å². The SMILES string of the molecule is CCc1ccc(-c2cc(C(F)(F)F)n3nc(C(=O)Nc4nn(Cc5ccc(Cl)c(Cl)c5)cc4Br)cc3n2)s1. The molecule has 38 heavy (non-hydrogen) atoms. The Morgan fingerprint density at radius 3 is 2.58 bits per heavy atom. The fraction of sp³-hybridized carbons (Fsp3) is 0.167. The molecule has 7 nitrogen and oxygen atoms in total. The van der Waals surface area contributed by atoms with Gasteiger partial charge in [0.2, 0.25) is 0 Å². The van der Waals surface area contributed by atoms with Crippen LogP contribution in [0.2, 0.25) is 10.0 Å². The third-order valence-electron chi connectivity index (χ3n) is 5.49. The minimum absolute atomic E-state index is 0.101. The van der Waals surface area contributed by atoms with Crippen LogP contribution < -0.4 is 5.32 Å². The van der Waals surface area contributed by atoms with Crippen molar-refractivity contribution in [2.75, 3.05) is 5.32 Å². The maximum atomic E-state index is 13.9. The summed E-state index contributed by atoms with van der Waals surface area (Å²) in [5.74, 6) is -0.572. The first-order chi connectivity index (χ1) is 18.0. The van der Waals surface area contributed by atoms with Crippen LogP contribution in [0.1, 0.15) is 33.5 Å². The maximum absolute atomic E-state index is 13.9. The number of carbonyl (C=O) groups excluding carboxylic acids is 1. The Morgan fingerprint density at radius 2 is 1.89 bits per heavy atom. The van der Waals surface area contributed by atoms with Crippen molar-refractivity contribution in [2.45, 2.75) is 26.1 Å². The van der Waals surface area contributed by atoms with Gasteiger partial charge in [0.05, 0.1) is 31.6 Å². The number of rotatable bonds is 6. The van der Waals surface area contributed by atoms with Crippen LogP contribution >= 0.6 is 50.5 Å². The Morgan fingerprint density at radius 1 is 1.11 bits per heavy atom. The molecule has 5 aromatic rings. The molecule has 1 N–H and O–H groups in total. The van der Waals surface area contributed by atoms with E-state index in [-0.39, 0.29) is 22.9 Å². The smallest absolute Gasteiger partial charge is 0.303 e. The number of hydrogen-bond donors (Lipinski definition) is 1. The highest BCUT2D eigenvalue weighted by atomic mass is 79.9. The lowest BCUT2D eigenvalue weighted by atomic mass is 10.2. The molecule has 0 aliphatic rings. The number of carbonyl (C=O) groups is 1. The first-order valence-corrected chi connectivity index (χ1v) is 13.4. The molecular formula is C24H16BrCl2F3N6OS. The second-order valence-corrected chi connectivity index (χ2v) is 11.0. The van der Waals surface area contributed by atoms with E-state index < -0.39 is 17.8 Å². The molecule has 0 fully saturated rings. The molecule has 4 heterocycles. The van der Waals surface area contributed by atoms with Crippen molar-refractivity contribution in [2.24, 2.45) is 0 Å². The topological polar surface area (TPSA) is 77.1 Å². The molecule has 4 aromatic heterocycles. The van der Waals surface area contributed by atoms with Crippen molar-refractivity contribution in [3.63, 3.8) is 0 Å². The molecule has 14 heteroatoms. The summed E-state index contributed by atoms with van der Waals surface area (Å²) >= 11 is 16.7. The number of benzene rings is 1. The molecular weight excluding hydrogens is 628 g/mol. The van der Waals surface area contributed by atoms with E-state index in [1.165, 1.54) is 17.4 Å². The summed E-state index contributed by atoms with van der Waals surface area (Å²) in [6.07, 6.45) is -2.31. The number of nitrogens with zero attached hydrogens (tertiary/aromatic N) is 5. The first-order valence-electron chi connectivity index (χ1n) is 11.1. The fourth-order valence-corrected chi connectivity index (χ4v) is 5.32. The average molecular weight is 644 g/mol. The fourth-order valence-electron chi connectivity index (χ4n) is 3.68. The molecule has 0 saturated carbocycles. The third kappa shape index (κ3) is 5.44. The van der Waals surface area contributed by atoms with Crippen molar-refractivity contribution in [3.05, 3.63) is 85.0 Å². The molecule has 1 aromatic carbocycles. The summed E-state index contributed by atoms with van der Waals surface area (Å²) in [5.41, 5.74) is -0.395. The van der Waals surface area contributed by atoms with Crippen LogP contribution in [0.4, 0.5) is 19.0 Å². The number of hydrogen-bond acceptors (Lipinski definition) is 5. The van der Waals surface area contributed by atoms with Crippen LogP contribution in [-0.2, 0) is 19.1 Å². The standard InChI is InChI=1S/C24H16BrCl2F3N6OS/c1-2-13-4-6-19(38-13)17-8-20(24(28,29)30)36-21(31-17)9-18(33-36)23(37)32-22-14(25)11-35(34-22)10-12-3-5-15(26)16(27)7-12/h3-9,11H,2,10H2,1H3,(H,32,34,37). The van der Waals surface area contributed by atoms with Gasteiger partial charge in [0, 0.05) is 17.1 Å². The molecule has 0 aliphatic heterocycles. The van der Waals surface area contributed by atoms with E-state index in [1.54, 1.807) is 35.1 Å². The Labute approximate surface area is 236 Å². The lowest BCUT2D eigenvalue weighted by molar-refractivity contribution is -0.142. The Kier molecular flexibility index (Phi) is 7.25. The summed E-state index contributed by atoms with van der Waals surface area (Å²) in [6.45, 7) is 2.30. The molecule has 0 aliphatic carbocycles. The summed E-state index contributed by atoms with van der Waals surface area (Å²) < 4.78 is 44.4. The predicted molar refractivity (Wildman–Crippen MR) is 144 cm³/mol. The molecule has 196 valence electrons. The summed E-state index contributed by atoms with van der Waals surface area (Å²) in [6, 6.07) is 10.9. The minimum atomic E-state index is -4.72. The zero-order valence-electron chi connectivity index (χ0n) is 19.4. The average Bonchev–Trinajstić information content (AvgIpc) is 3.58. The van der Waals surface area contributed by atoms with Gasteiger partial charge in [-0.05, 0) is 58.2 Å². The Balaban J connectivity index is 1.43. The van der Waals surface area contributed by atoms with E-state index in [1.807, 2.05) is 13.0 Å². The number of amides is 1. The molecule has 0 saturated heterocycles. The second kappa shape index (κ2) is 10.3. The summed E-state index contributed by atoms with van der Waals surface area (Å²) in [5, 5.41) is 11.6. The van der Waals surface area contributed by atoms with Gasteiger partial charge in [-0.2, -0.15) is 23.4 Å². The summed E-state index contributed by atoms with van der Waals surface area (Å²) in [7, 11) is 0. The zero-order chi connectivity index (χ0) is 27.2. The van der Waals surface area contributed by atoms with E-state index in [2.05, 4.69) is 36.4 Å². The highest BCUT2D eigenvalue weighted by Crippen LogP contribution is 2.34. The van der Waals surface area contributed by atoms with Crippen LogP contribution in [0.25, 0.3) is 16.2 Å². The molecule has 0 bridgehead atoms. The van der Waals surface area contributed by atoms with Gasteiger partial charge in [-0.25, -0.2) is 9.50 Å². The molecule has 1 amide bonds. The van der Waals surface area contributed by atoms with Crippen LogP contribution in [0.15, 0.2) is 53.1 Å². The van der Waals surface area contributed by atoms with E-state index in [0.29, 0.717) is 30.5 Å². The van der Waals surface area contributed by atoms with E-state index in [0.717, 1.165) is 22.9 Å². The van der Waals surface area contributed by atoms with Gasteiger partial charge in [-0.3, -0.25) is 9.48 Å². The van der Waals surface area contributed by atoms with E-state index in [9.17, 15) is 18.0 Å². The van der Waals surface area contributed by atoms with Gasteiger partial charge >= 0.3 is 6.18 Å². The van der Waals surface area contributed by atoms with Crippen molar-refractivity contribution >= 4 is 67.8 Å². The number of anilines is 1. The summed E-state index contributed by atoms with van der Waals surface area (Å²) in [4.78, 5) is 18.9. The normalized spacial score (nSPS) is 11.9. The van der Waals surface area contributed by atoms with Crippen molar-refractivity contribution < 1.29 is 18.0 Å². The highest BCUT2D eigenvalue weighted by Gasteiger charge is 2.36. The number of fused-ring (bicyclic) bond motifs is 1. The number of aryl methyl sites for hydroxylation is 1. The van der Waals surface area contributed by atoms with Gasteiger partial charge in [0.1, 0.15) is 0 Å². The molecule has 0 atom stereocenters. The van der Waals surface area contributed by atoms with E-state index >= 15 is 0 Å². The highest BCUT2D eigenvalue weighted by molar-refractivity contribution is 9.10. The molecule has 0 radical (unpaired) electrons. The third-order valence-corrected chi connectivity index (χ3v) is 8.06. The second-order valence-electron chi connectivity index (χ2n) is 8.17. The molecule has 5 rings (SSSR count). The molecule has 0 unspecified atom stereocenters. The van der Waals surface area contributed by atoms with Crippen LogP contribution in [0.5, 0.6) is 0 Å². The van der Waals surface area contributed by atoms with Crippen molar-refractivity contribution in [3.8, 4) is 10.6 Å². The lowest BCUT2D eigenvalue weighted by Gasteiger charge is -2.10. The quantitative estimate of drug-likeness (QED) is 0.207. The zero-order valence-corrected chi connectivity index (χ0v) is 23.3. The van der Waals surface area contributed by atoms with Crippen LogP contribution in [0.3, 0.4) is 0 Å². The van der Waals surface area contributed by atoms with E-state index in [4.69, 9.17) is 23.2 Å². The van der Waals surface area contributed by atoms with Crippen LogP contribution in [-0.4, -0.2) is 30.3 Å². The maximum Gasteiger partial charge on any atom is 0.433 e. The van der Waals surface area contributed by atoms with Gasteiger partial charge in [0.15, 0.2) is 22.9 Å². The van der Waals surface area contributed by atoms with Gasteiger partial charge in [-0.15, -0.1) is 11.3 Å². The predicted octanol–water partition coefficient (Wildman–Crippen LogP) is 7.61.